The van der Waals surface area contributed by atoms with Crippen LogP contribution in [0.15, 0.2) is 18.2 Å². The van der Waals surface area contributed by atoms with Gasteiger partial charge in [0.1, 0.15) is 0 Å². The van der Waals surface area contributed by atoms with E-state index in [0.717, 1.165) is 25.3 Å². The molecule has 0 unspecified atom stereocenters. The molecule has 3 nitrogen and oxygen atoms in total. The van der Waals surface area contributed by atoms with Crippen LogP contribution in [0.4, 0.5) is 5.69 Å². The van der Waals surface area contributed by atoms with Gasteiger partial charge in [0.05, 0.1) is 0 Å². The van der Waals surface area contributed by atoms with Crippen molar-refractivity contribution in [2.45, 2.75) is 33.1 Å². The van der Waals surface area contributed by atoms with Crippen molar-refractivity contribution >= 4 is 23.0 Å². The van der Waals surface area contributed by atoms with Crippen LogP contribution in [0, 0.1) is 6.92 Å². The highest BCUT2D eigenvalue weighted by molar-refractivity contribution is 7.80. The summed E-state index contributed by atoms with van der Waals surface area (Å²) in [6.45, 7) is 8.05. The van der Waals surface area contributed by atoms with Gasteiger partial charge >= 0.3 is 0 Å². The lowest BCUT2D eigenvalue weighted by Gasteiger charge is -2.18. The van der Waals surface area contributed by atoms with Crippen molar-refractivity contribution < 1.29 is 4.74 Å². The molecule has 0 aromatic heterocycles. The number of hydrogen-bond donors (Lipinski definition) is 2. The van der Waals surface area contributed by atoms with E-state index in [1.807, 2.05) is 0 Å². The summed E-state index contributed by atoms with van der Waals surface area (Å²) in [7, 11) is 1.71. The maximum absolute atomic E-state index is 5.33. The molecule has 0 aliphatic heterocycles. The van der Waals surface area contributed by atoms with E-state index in [1.165, 1.54) is 11.1 Å². The van der Waals surface area contributed by atoms with Crippen molar-refractivity contribution in [1.82, 2.24) is 5.32 Å². The molecule has 4 heteroatoms. The Hall–Kier alpha value is -1.13. The first kappa shape index (κ1) is 15.9. The van der Waals surface area contributed by atoms with E-state index in [4.69, 9.17) is 17.0 Å². The van der Waals surface area contributed by atoms with Gasteiger partial charge < -0.3 is 15.4 Å². The van der Waals surface area contributed by atoms with Crippen LogP contribution in [-0.4, -0.2) is 25.4 Å². The summed E-state index contributed by atoms with van der Waals surface area (Å²) in [5.74, 6) is 0.471. The van der Waals surface area contributed by atoms with E-state index in [9.17, 15) is 0 Å². The minimum atomic E-state index is 0.471. The number of rotatable bonds is 6. The van der Waals surface area contributed by atoms with Gasteiger partial charge in [0.25, 0.3) is 0 Å². The van der Waals surface area contributed by atoms with Crippen LogP contribution >= 0.6 is 12.2 Å². The highest BCUT2D eigenvalue weighted by Gasteiger charge is 2.09. The topological polar surface area (TPSA) is 33.3 Å². The molecule has 2 N–H and O–H groups in total. The maximum Gasteiger partial charge on any atom is 0.170 e. The van der Waals surface area contributed by atoms with Gasteiger partial charge in [-0.3, -0.25) is 0 Å². The Balaban J connectivity index is 2.63. The molecule has 0 saturated carbocycles. The minimum absolute atomic E-state index is 0.471. The van der Waals surface area contributed by atoms with E-state index in [-0.39, 0.29) is 0 Å². The second-order valence-electron chi connectivity index (χ2n) is 4.92. The van der Waals surface area contributed by atoms with E-state index >= 15 is 0 Å². The van der Waals surface area contributed by atoms with E-state index in [1.54, 1.807) is 7.11 Å². The van der Waals surface area contributed by atoms with E-state index < -0.39 is 0 Å². The predicted molar refractivity (Wildman–Crippen MR) is 86.0 cm³/mol. The Bertz CT molecular complexity index is 419. The molecule has 0 spiro atoms. The van der Waals surface area contributed by atoms with Crippen molar-refractivity contribution in [3.8, 4) is 0 Å². The summed E-state index contributed by atoms with van der Waals surface area (Å²) in [5, 5.41) is 7.19. The Morgan fingerprint density at radius 3 is 2.74 bits per heavy atom. The Labute approximate surface area is 121 Å². The molecule has 1 rings (SSSR count). The van der Waals surface area contributed by atoms with Crippen LogP contribution in [0.3, 0.4) is 0 Å². The molecule has 0 saturated heterocycles. The molecule has 19 heavy (non-hydrogen) atoms. The zero-order chi connectivity index (χ0) is 14.3. The number of thiocarbonyl (C=S) groups is 1. The number of methoxy groups -OCH3 is 1. The fraction of sp³-hybridized carbons (Fsp3) is 0.533. The van der Waals surface area contributed by atoms with E-state index in [0.29, 0.717) is 11.0 Å². The first-order valence-electron chi connectivity index (χ1n) is 6.69. The number of para-hydroxylation sites is 1. The summed E-state index contributed by atoms with van der Waals surface area (Å²) >= 11 is 5.33. The second kappa shape index (κ2) is 8.12. The second-order valence-corrected chi connectivity index (χ2v) is 5.33. The predicted octanol–water partition coefficient (Wildman–Crippen LogP) is 3.44. The third-order valence-corrected chi connectivity index (χ3v) is 3.22. The standard InChI is InChI=1S/C15H24N2OS/c1-11(2)13-8-5-7-12(3)14(13)17-15(19)16-9-6-10-18-4/h5,7-8,11H,6,9-10H2,1-4H3,(H2,16,17,19). The first-order valence-corrected chi connectivity index (χ1v) is 7.10. The summed E-state index contributed by atoms with van der Waals surface area (Å²) in [5.41, 5.74) is 3.63. The fourth-order valence-corrected chi connectivity index (χ4v) is 2.12. The molecule has 106 valence electrons. The van der Waals surface area contributed by atoms with Gasteiger partial charge in [0.15, 0.2) is 5.11 Å². The number of nitrogens with one attached hydrogen (secondary N) is 2. The van der Waals surface area contributed by atoms with Gasteiger partial charge in [0.2, 0.25) is 0 Å². The summed E-state index contributed by atoms with van der Waals surface area (Å²) in [4.78, 5) is 0. The average molecular weight is 280 g/mol. The fourth-order valence-electron chi connectivity index (χ4n) is 1.92. The highest BCUT2D eigenvalue weighted by Crippen LogP contribution is 2.27. The Morgan fingerprint density at radius 1 is 1.37 bits per heavy atom. The summed E-state index contributed by atoms with van der Waals surface area (Å²) in [6, 6.07) is 6.33. The molecule has 0 heterocycles. The molecule has 0 fully saturated rings. The lowest BCUT2D eigenvalue weighted by atomic mass is 9.98. The van der Waals surface area contributed by atoms with Crippen LogP contribution in [0.5, 0.6) is 0 Å². The lowest BCUT2D eigenvalue weighted by Crippen LogP contribution is -2.30. The SMILES string of the molecule is COCCCNC(=S)Nc1c(C)cccc1C(C)C. The molecular weight excluding hydrogens is 256 g/mol. The lowest BCUT2D eigenvalue weighted by molar-refractivity contribution is 0.196. The van der Waals surface area contributed by atoms with Crippen molar-refractivity contribution in [3.05, 3.63) is 29.3 Å². The maximum atomic E-state index is 5.33. The molecule has 1 aromatic carbocycles. The van der Waals surface area contributed by atoms with Crippen molar-refractivity contribution in [1.29, 1.82) is 0 Å². The number of anilines is 1. The molecule has 0 radical (unpaired) electrons. The summed E-state index contributed by atoms with van der Waals surface area (Å²) in [6.07, 6.45) is 0.948. The van der Waals surface area contributed by atoms with Crippen LogP contribution in [0.25, 0.3) is 0 Å². The van der Waals surface area contributed by atoms with Gasteiger partial charge in [-0.2, -0.15) is 0 Å². The van der Waals surface area contributed by atoms with Gasteiger partial charge in [-0.15, -0.1) is 0 Å². The number of hydrogen-bond acceptors (Lipinski definition) is 2. The first-order chi connectivity index (χ1) is 9.06. The van der Waals surface area contributed by atoms with Crippen molar-refractivity contribution in [2.24, 2.45) is 0 Å². The highest BCUT2D eigenvalue weighted by atomic mass is 32.1. The molecule has 0 atom stereocenters. The monoisotopic (exact) mass is 280 g/mol. The Morgan fingerprint density at radius 2 is 2.11 bits per heavy atom. The Kier molecular flexibility index (Phi) is 6.81. The zero-order valence-corrected chi connectivity index (χ0v) is 13.1. The van der Waals surface area contributed by atoms with Crippen molar-refractivity contribution in [3.63, 3.8) is 0 Å². The zero-order valence-electron chi connectivity index (χ0n) is 12.2. The summed E-state index contributed by atoms with van der Waals surface area (Å²) < 4.78 is 5.01. The normalized spacial score (nSPS) is 10.6. The third-order valence-electron chi connectivity index (χ3n) is 2.98. The molecule has 0 bridgehead atoms. The number of benzene rings is 1. The van der Waals surface area contributed by atoms with Crippen LogP contribution in [-0.2, 0) is 4.74 Å². The van der Waals surface area contributed by atoms with Crippen LogP contribution in [0.2, 0.25) is 0 Å². The van der Waals surface area contributed by atoms with Crippen LogP contribution in [0.1, 0.15) is 37.3 Å². The molecule has 0 aliphatic rings. The average Bonchev–Trinajstić information content (AvgIpc) is 2.37. The molecule has 0 amide bonds. The smallest absolute Gasteiger partial charge is 0.170 e. The van der Waals surface area contributed by atoms with Gasteiger partial charge in [-0.05, 0) is 42.6 Å². The van der Waals surface area contributed by atoms with Crippen molar-refractivity contribution in [2.75, 3.05) is 25.6 Å². The van der Waals surface area contributed by atoms with E-state index in [2.05, 4.69) is 49.6 Å². The third kappa shape index (κ3) is 5.17. The minimum Gasteiger partial charge on any atom is -0.385 e. The molecular formula is C15H24N2OS. The number of aryl methyl sites for hydroxylation is 1. The molecule has 0 aliphatic carbocycles. The number of ether oxygens (including phenoxy) is 1. The van der Waals surface area contributed by atoms with Crippen LogP contribution < -0.4 is 10.6 Å². The molecule has 1 aromatic rings. The quantitative estimate of drug-likeness (QED) is 0.618. The van der Waals surface area contributed by atoms with Gasteiger partial charge in [0, 0.05) is 25.9 Å². The van der Waals surface area contributed by atoms with Gasteiger partial charge in [-0.25, -0.2) is 0 Å². The van der Waals surface area contributed by atoms with Gasteiger partial charge in [-0.1, -0.05) is 32.0 Å². The largest absolute Gasteiger partial charge is 0.385 e.